The van der Waals surface area contributed by atoms with Gasteiger partial charge in [0, 0.05) is 12.1 Å². The third-order valence-corrected chi connectivity index (χ3v) is 4.04. The number of hydrogen-bond donors (Lipinski definition) is 1. The van der Waals surface area contributed by atoms with Crippen molar-refractivity contribution < 1.29 is 4.52 Å². The van der Waals surface area contributed by atoms with Crippen molar-refractivity contribution >= 4 is 0 Å². The number of aromatic nitrogens is 2. The van der Waals surface area contributed by atoms with Crippen LogP contribution in [0.4, 0.5) is 0 Å². The molecule has 0 spiro atoms. The van der Waals surface area contributed by atoms with Crippen molar-refractivity contribution in [3.8, 4) is 11.5 Å². The van der Waals surface area contributed by atoms with Crippen molar-refractivity contribution in [1.82, 2.24) is 15.0 Å². The van der Waals surface area contributed by atoms with E-state index < -0.39 is 0 Å². The van der Waals surface area contributed by atoms with Crippen LogP contribution in [0, 0.1) is 13.8 Å². The van der Waals surface area contributed by atoms with Gasteiger partial charge in [0.25, 0.3) is 5.89 Å². The summed E-state index contributed by atoms with van der Waals surface area (Å²) in [6.45, 7) is 7.16. The molecule has 0 aliphatic carbocycles. The van der Waals surface area contributed by atoms with Gasteiger partial charge in [-0.25, -0.2) is 0 Å². The van der Waals surface area contributed by atoms with Crippen molar-refractivity contribution in [2.45, 2.75) is 32.7 Å². The fourth-order valence-electron chi connectivity index (χ4n) is 2.87. The first-order chi connectivity index (χ1) is 10.1. The molecule has 2 aromatic rings. The highest BCUT2D eigenvalue weighted by molar-refractivity contribution is 5.58. The average molecular weight is 286 g/mol. The van der Waals surface area contributed by atoms with Crippen molar-refractivity contribution in [3.05, 3.63) is 35.2 Å². The number of aryl methyl sites for hydroxylation is 2. The SMILES string of the molecule is Cc1ccc(-c2nc(C(N)CN3CCCC3)no2)c(C)c1. The maximum Gasteiger partial charge on any atom is 0.258 e. The quantitative estimate of drug-likeness (QED) is 0.935. The number of benzene rings is 1. The van der Waals surface area contributed by atoms with E-state index in [9.17, 15) is 0 Å². The van der Waals surface area contributed by atoms with Crippen molar-refractivity contribution in [3.63, 3.8) is 0 Å². The fourth-order valence-corrected chi connectivity index (χ4v) is 2.87. The van der Waals surface area contributed by atoms with Gasteiger partial charge >= 0.3 is 0 Å². The molecule has 1 saturated heterocycles. The smallest absolute Gasteiger partial charge is 0.258 e. The van der Waals surface area contributed by atoms with Crippen molar-refractivity contribution in [2.75, 3.05) is 19.6 Å². The van der Waals surface area contributed by atoms with Crippen LogP contribution in [-0.4, -0.2) is 34.7 Å². The predicted octanol–water partition coefficient (Wildman–Crippen LogP) is 2.45. The Hall–Kier alpha value is -1.72. The second kappa shape index (κ2) is 5.95. The summed E-state index contributed by atoms with van der Waals surface area (Å²) in [4.78, 5) is 6.84. The average Bonchev–Trinajstić information content (AvgIpc) is 3.09. The summed E-state index contributed by atoms with van der Waals surface area (Å²) >= 11 is 0. The molecule has 5 heteroatoms. The third kappa shape index (κ3) is 3.14. The summed E-state index contributed by atoms with van der Waals surface area (Å²) < 4.78 is 5.40. The van der Waals surface area contributed by atoms with Crippen LogP contribution < -0.4 is 5.73 Å². The molecule has 1 aliphatic heterocycles. The number of hydrogen-bond acceptors (Lipinski definition) is 5. The van der Waals surface area contributed by atoms with Gasteiger partial charge in [-0.15, -0.1) is 0 Å². The standard InChI is InChI=1S/C16H22N4O/c1-11-5-6-13(12(2)9-11)16-18-15(19-21-16)14(17)10-20-7-3-4-8-20/h5-6,9,14H,3-4,7-8,10,17H2,1-2H3. The molecule has 2 heterocycles. The zero-order chi connectivity index (χ0) is 14.8. The number of nitrogens with zero attached hydrogens (tertiary/aromatic N) is 3. The Morgan fingerprint density at radius 1 is 1.29 bits per heavy atom. The van der Waals surface area contributed by atoms with Gasteiger partial charge in [-0.3, -0.25) is 0 Å². The molecule has 21 heavy (non-hydrogen) atoms. The van der Waals surface area contributed by atoms with Gasteiger partial charge in [-0.1, -0.05) is 22.9 Å². The summed E-state index contributed by atoms with van der Waals surface area (Å²) in [6.07, 6.45) is 2.51. The molecule has 112 valence electrons. The van der Waals surface area contributed by atoms with Crippen LogP contribution in [0.15, 0.2) is 22.7 Å². The second-order valence-corrected chi connectivity index (χ2v) is 5.89. The van der Waals surface area contributed by atoms with Crippen LogP contribution in [0.3, 0.4) is 0 Å². The van der Waals surface area contributed by atoms with Gasteiger partial charge in [-0.05, 0) is 51.4 Å². The molecular weight excluding hydrogens is 264 g/mol. The zero-order valence-corrected chi connectivity index (χ0v) is 12.7. The Labute approximate surface area is 125 Å². The summed E-state index contributed by atoms with van der Waals surface area (Å²) in [5.74, 6) is 1.15. The highest BCUT2D eigenvalue weighted by atomic mass is 16.5. The molecule has 3 rings (SSSR count). The molecule has 2 N–H and O–H groups in total. The zero-order valence-electron chi connectivity index (χ0n) is 12.7. The molecule has 0 radical (unpaired) electrons. The van der Waals surface area contributed by atoms with Gasteiger partial charge in [-0.2, -0.15) is 4.98 Å². The molecule has 1 unspecified atom stereocenters. The molecule has 1 aliphatic rings. The van der Waals surface area contributed by atoms with E-state index in [2.05, 4.69) is 41.0 Å². The van der Waals surface area contributed by atoms with Crippen LogP contribution in [0.5, 0.6) is 0 Å². The Kier molecular flexibility index (Phi) is 4.03. The third-order valence-electron chi connectivity index (χ3n) is 4.04. The van der Waals surface area contributed by atoms with Gasteiger partial charge in [0.05, 0.1) is 6.04 Å². The molecule has 5 nitrogen and oxygen atoms in total. The number of nitrogens with two attached hydrogens (primary N) is 1. The first-order valence-electron chi connectivity index (χ1n) is 7.52. The molecule has 0 saturated carbocycles. The number of likely N-dealkylation sites (tertiary alicyclic amines) is 1. The maximum absolute atomic E-state index is 6.20. The van der Waals surface area contributed by atoms with Crippen LogP contribution in [0.2, 0.25) is 0 Å². The topological polar surface area (TPSA) is 68.2 Å². The Morgan fingerprint density at radius 2 is 2.05 bits per heavy atom. The summed E-state index contributed by atoms with van der Waals surface area (Å²) in [5, 5.41) is 4.06. The largest absolute Gasteiger partial charge is 0.334 e. The molecule has 1 fully saturated rings. The normalized spacial score (nSPS) is 17.3. The minimum Gasteiger partial charge on any atom is -0.334 e. The summed E-state index contributed by atoms with van der Waals surface area (Å²) in [6, 6.07) is 6.00. The molecule has 0 amide bonds. The van der Waals surface area contributed by atoms with Crippen LogP contribution in [0.1, 0.15) is 35.8 Å². The van der Waals surface area contributed by atoms with Gasteiger partial charge in [0.15, 0.2) is 5.82 Å². The summed E-state index contributed by atoms with van der Waals surface area (Å²) in [5.41, 5.74) is 9.54. The highest BCUT2D eigenvalue weighted by Gasteiger charge is 2.20. The van der Waals surface area contributed by atoms with E-state index >= 15 is 0 Å². The molecule has 1 atom stereocenters. The van der Waals surface area contributed by atoms with E-state index in [1.807, 2.05) is 6.07 Å². The van der Waals surface area contributed by atoms with E-state index in [1.54, 1.807) is 0 Å². The second-order valence-electron chi connectivity index (χ2n) is 5.89. The lowest BCUT2D eigenvalue weighted by molar-refractivity contribution is 0.306. The van der Waals surface area contributed by atoms with Crippen molar-refractivity contribution in [1.29, 1.82) is 0 Å². The first-order valence-corrected chi connectivity index (χ1v) is 7.52. The van der Waals surface area contributed by atoms with E-state index in [0.29, 0.717) is 11.7 Å². The molecule has 1 aromatic heterocycles. The van der Waals surface area contributed by atoms with E-state index in [4.69, 9.17) is 10.3 Å². The Morgan fingerprint density at radius 3 is 2.76 bits per heavy atom. The Bertz CT molecular complexity index is 616. The van der Waals surface area contributed by atoms with Crippen LogP contribution >= 0.6 is 0 Å². The minimum atomic E-state index is -0.189. The lowest BCUT2D eigenvalue weighted by Crippen LogP contribution is -2.30. The minimum absolute atomic E-state index is 0.189. The maximum atomic E-state index is 6.20. The predicted molar refractivity (Wildman–Crippen MR) is 81.8 cm³/mol. The van der Waals surface area contributed by atoms with E-state index in [1.165, 1.54) is 18.4 Å². The van der Waals surface area contributed by atoms with Gasteiger partial charge in [0.1, 0.15) is 0 Å². The highest BCUT2D eigenvalue weighted by Crippen LogP contribution is 2.24. The lowest BCUT2D eigenvalue weighted by atomic mass is 10.1. The van der Waals surface area contributed by atoms with Crippen LogP contribution in [-0.2, 0) is 0 Å². The molecule has 0 bridgehead atoms. The summed E-state index contributed by atoms with van der Waals surface area (Å²) in [7, 11) is 0. The fraction of sp³-hybridized carbons (Fsp3) is 0.500. The monoisotopic (exact) mass is 286 g/mol. The first kappa shape index (κ1) is 14.2. The molecule has 1 aromatic carbocycles. The Balaban J connectivity index is 1.76. The van der Waals surface area contributed by atoms with Crippen LogP contribution in [0.25, 0.3) is 11.5 Å². The van der Waals surface area contributed by atoms with Gasteiger partial charge in [0.2, 0.25) is 0 Å². The van der Waals surface area contributed by atoms with Crippen molar-refractivity contribution in [2.24, 2.45) is 5.73 Å². The van der Waals surface area contributed by atoms with Gasteiger partial charge < -0.3 is 15.2 Å². The number of rotatable bonds is 4. The van der Waals surface area contributed by atoms with E-state index in [-0.39, 0.29) is 6.04 Å². The lowest BCUT2D eigenvalue weighted by Gasteiger charge is -2.17. The van der Waals surface area contributed by atoms with E-state index in [0.717, 1.165) is 30.8 Å². The molecular formula is C16H22N4O.